The number of amides is 1. The van der Waals surface area contributed by atoms with Crippen LogP contribution in [0.1, 0.15) is 20.8 Å². The summed E-state index contributed by atoms with van der Waals surface area (Å²) in [6.07, 6.45) is -0.244. The van der Waals surface area contributed by atoms with Crippen LogP contribution in [0.15, 0.2) is 0 Å². The number of carbonyl (C=O) groups excluding carboxylic acids is 1. The second-order valence-corrected chi connectivity index (χ2v) is 5.61. The monoisotopic (exact) mass is 293 g/mol. The third-order valence-electron chi connectivity index (χ3n) is 2.81. The van der Waals surface area contributed by atoms with E-state index in [4.69, 9.17) is 9.84 Å². The zero-order chi connectivity index (χ0) is 12.3. The molecule has 1 saturated heterocycles. The highest BCUT2D eigenvalue weighted by atomic mass is 79.9. The lowest BCUT2D eigenvalue weighted by molar-refractivity contribution is -0.146. The fraction of sp³-hybridized carbons (Fsp3) is 0.909. The highest BCUT2D eigenvalue weighted by Crippen LogP contribution is 2.20. The Morgan fingerprint density at radius 3 is 2.75 bits per heavy atom. The normalized spacial score (nSPS) is 28.2. The van der Waals surface area contributed by atoms with Crippen LogP contribution in [0, 0.1) is 5.92 Å². The summed E-state index contributed by atoms with van der Waals surface area (Å²) in [7, 11) is 0. The quantitative estimate of drug-likeness (QED) is 0.791. The van der Waals surface area contributed by atoms with Gasteiger partial charge in [0.1, 0.15) is 0 Å². The minimum Gasteiger partial charge on any atom is -0.394 e. The van der Waals surface area contributed by atoms with Gasteiger partial charge in [0, 0.05) is 6.54 Å². The number of hydrogen-bond acceptors (Lipinski definition) is 3. The van der Waals surface area contributed by atoms with Gasteiger partial charge in [0.15, 0.2) is 0 Å². The molecule has 0 aromatic heterocycles. The molecular formula is C11H20BrNO3. The van der Waals surface area contributed by atoms with Crippen LogP contribution in [-0.4, -0.2) is 52.6 Å². The molecule has 3 unspecified atom stereocenters. The molecule has 1 N–H and O–H groups in total. The van der Waals surface area contributed by atoms with E-state index in [1.54, 1.807) is 4.90 Å². The zero-order valence-corrected chi connectivity index (χ0v) is 11.6. The van der Waals surface area contributed by atoms with Crippen LogP contribution < -0.4 is 0 Å². The molecule has 1 aliphatic rings. The van der Waals surface area contributed by atoms with Crippen LogP contribution in [0.25, 0.3) is 0 Å². The number of halogens is 1. The number of aliphatic hydroxyl groups excluding tert-OH is 1. The lowest BCUT2D eigenvalue weighted by Crippen LogP contribution is -2.54. The number of hydrogen-bond donors (Lipinski definition) is 1. The average molecular weight is 294 g/mol. The van der Waals surface area contributed by atoms with Gasteiger partial charge in [0.05, 0.1) is 30.2 Å². The molecule has 0 aromatic rings. The van der Waals surface area contributed by atoms with Crippen molar-refractivity contribution < 1.29 is 14.6 Å². The van der Waals surface area contributed by atoms with E-state index in [9.17, 15) is 4.79 Å². The minimum atomic E-state index is -0.244. The third-order valence-corrected chi connectivity index (χ3v) is 4.26. The number of morpholine rings is 1. The zero-order valence-electron chi connectivity index (χ0n) is 10.0. The third kappa shape index (κ3) is 3.18. The predicted octanol–water partition coefficient (Wildman–Crippen LogP) is 1.01. The van der Waals surface area contributed by atoms with Crippen molar-refractivity contribution in [1.29, 1.82) is 0 Å². The summed E-state index contributed by atoms with van der Waals surface area (Å²) in [6.45, 7) is 6.91. The predicted molar refractivity (Wildman–Crippen MR) is 65.6 cm³/mol. The van der Waals surface area contributed by atoms with Gasteiger partial charge >= 0.3 is 0 Å². The van der Waals surface area contributed by atoms with Crippen molar-refractivity contribution in [2.45, 2.75) is 37.7 Å². The van der Waals surface area contributed by atoms with Gasteiger partial charge in [-0.1, -0.05) is 29.8 Å². The van der Waals surface area contributed by atoms with E-state index in [1.165, 1.54) is 0 Å². The van der Waals surface area contributed by atoms with Gasteiger partial charge in [-0.05, 0) is 12.8 Å². The van der Waals surface area contributed by atoms with Crippen molar-refractivity contribution in [3.05, 3.63) is 0 Å². The largest absolute Gasteiger partial charge is 0.394 e. The summed E-state index contributed by atoms with van der Waals surface area (Å²) in [5, 5.41) is 9.05. The summed E-state index contributed by atoms with van der Waals surface area (Å²) in [6, 6.07) is 0.0779. The fourth-order valence-electron chi connectivity index (χ4n) is 1.68. The van der Waals surface area contributed by atoms with E-state index in [2.05, 4.69) is 15.9 Å². The Kier molecular flexibility index (Phi) is 5.21. The number of ether oxygens (including phenoxy) is 1. The molecule has 1 aliphatic heterocycles. The van der Waals surface area contributed by atoms with Crippen molar-refractivity contribution in [1.82, 2.24) is 4.90 Å². The average Bonchev–Trinajstić information content (AvgIpc) is 2.27. The molecule has 0 bridgehead atoms. The standard InChI is InChI=1S/C11H20BrNO3/c1-7(2)10(12)11(15)13-4-9(5-14)16-6-8(13)3/h7-10,14H,4-6H2,1-3H3. The molecule has 1 amide bonds. The fourth-order valence-corrected chi connectivity index (χ4v) is 1.94. The molecule has 16 heavy (non-hydrogen) atoms. The van der Waals surface area contributed by atoms with E-state index < -0.39 is 0 Å². The molecule has 0 saturated carbocycles. The number of nitrogens with zero attached hydrogens (tertiary/aromatic N) is 1. The lowest BCUT2D eigenvalue weighted by atomic mass is 10.1. The van der Waals surface area contributed by atoms with Crippen molar-refractivity contribution >= 4 is 21.8 Å². The Balaban J connectivity index is 2.65. The van der Waals surface area contributed by atoms with Gasteiger partial charge in [-0.3, -0.25) is 4.79 Å². The van der Waals surface area contributed by atoms with E-state index in [0.717, 1.165) is 0 Å². The number of alkyl halides is 1. The molecule has 1 heterocycles. The first-order chi connectivity index (χ1) is 7.47. The molecule has 0 spiro atoms. The smallest absolute Gasteiger partial charge is 0.237 e. The Morgan fingerprint density at radius 2 is 2.25 bits per heavy atom. The maximum absolute atomic E-state index is 12.2. The Labute approximate surface area is 105 Å². The molecular weight excluding hydrogens is 274 g/mol. The topological polar surface area (TPSA) is 49.8 Å². The van der Waals surface area contributed by atoms with Crippen molar-refractivity contribution in [3.63, 3.8) is 0 Å². The van der Waals surface area contributed by atoms with Crippen LogP contribution >= 0.6 is 15.9 Å². The maximum Gasteiger partial charge on any atom is 0.237 e. The summed E-state index contributed by atoms with van der Waals surface area (Å²) in [4.78, 5) is 13.8. The summed E-state index contributed by atoms with van der Waals surface area (Å²) in [5.41, 5.74) is 0. The Bertz CT molecular complexity index is 247. The first kappa shape index (κ1) is 13.9. The van der Waals surface area contributed by atoms with Crippen molar-refractivity contribution in [2.75, 3.05) is 19.8 Å². The first-order valence-corrected chi connectivity index (χ1v) is 6.56. The van der Waals surface area contributed by atoms with Gasteiger partial charge in [-0.15, -0.1) is 0 Å². The van der Waals surface area contributed by atoms with E-state index in [1.807, 2.05) is 20.8 Å². The van der Waals surface area contributed by atoms with Gasteiger partial charge in [0.25, 0.3) is 0 Å². The molecule has 5 heteroatoms. The van der Waals surface area contributed by atoms with Gasteiger partial charge < -0.3 is 14.7 Å². The molecule has 1 rings (SSSR count). The second kappa shape index (κ2) is 5.98. The van der Waals surface area contributed by atoms with Gasteiger partial charge in [0.2, 0.25) is 5.91 Å². The van der Waals surface area contributed by atoms with E-state index in [-0.39, 0.29) is 35.4 Å². The van der Waals surface area contributed by atoms with Crippen LogP contribution in [0.2, 0.25) is 0 Å². The Hall–Kier alpha value is -0.130. The first-order valence-electron chi connectivity index (χ1n) is 5.64. The number of carbonyl (C=O) groups is 1. The summed E-state index contributed by atoms with van der Waals surface area (Å²) in [5.74, 6) is 0.347. The minimum absolute atomic E-state index is 0.0366. The second-order valence-electron chi connectivity index (χ2n) is 4.62. The van der Waals surface area contributed by atoms with Gasteiger partial charge in [-0.25, -0.2) is 0 Å². The van der Waals surface area contributed by atoms with Crippen molar-refractivity contribution in [3.8, 4) is 0 Å². The van der Waals surface area contributed by atoms with Gasteiger partial charge in [-0.2, -0.15) is 0 Å². The van der Waals surface area contributed by atoms with Crippen LogP contribution in [-0.2, 0) is 9.53 Å². The van der Waals surface area contributed by atoms with Crippen LogP contribution in [0.3, 0.4) is 0 Å². The summed E-state index contributed by atoms with van der Waals surface area (Å²) < 4.78 is 5.40. The number of rotatable bonds is 3. The van der Waals surface area contributed by atoms with E-state index >= 15 is 0 Å². The van der Waals surface area contributed by atoms with Crippen LogP contribution in [0.4, 0.5) is 0 Å². The Morgan fingerprint density at radius 1 is 1.62 bits per heavy atom. The van der Waals surface area contributed by atoms with Crippen LogP contribution in [0.5, 0.6) is 0 Å². The highest BCUT2D eigenvalue weighted by Gasteiger charge is 2.33. The molecule has 3 atom stereocenters. The molecule has 1 fully saturated rings. The highest BCUT2D eigenvalue weighted by molar-refractivity contribution is 9.10. The molecule has 0 aromatic carbocycles. The SMILES string of the molecule is CC(C)C(Br)C(=O)N1CC(CO)OCC1C. The summed E-state index contributed by atoms with van der Waals surface area (Å²) >= 11 is 3.42. The van der Waals surface area contributed by atoms with E-state index in [0.29, 0.717) is 13.2 Å². The molecule has 94 valence electrons. The maximum atomic E-state index is 12.2. The molecule has 4 nitrogen and oxygen atoms in total. The van der Waals surface area contributed by atoms with Crippen molar-refractivity contribution in [2.24, 2.45) is 5.92 Å². The molecule has 0 radical (unpaired) electrons. The molecule has 0 aliphatic carbocycles. The number of aliphatic hydroxyl groups is 1. The lowest BCUT2D eigenvalue weighted by Gasteiger charge is -2.38.